The van der Waals surface area contributed by atoms with Crippen LogP contribution in [0.15, 0.2) is 40.7 Å². The average molecular weight is 303 g/mol. The summed E-state index contributed by atoms with van der Waals surface area (Å²) in [6, 6.07) is 7.52. The molecule has 1 aliphatic carbocycles. The Hall–Kier alpha value is -2.21. The molecule has 1 aromatic carbocycles. The topological polar surface area (TPSA) is 74.2 Å². The van der Waals surface area contributed by atoms with Crippen LogP contribution in [0.5, 0.6) is 5.75 Å². The number of hydrogen-bond donors (Lipinski definition) is 1. The lowest BCUT2D eigenvalue weighted by atomic mass is 10.1. The van der Waals surface area contributed by atoms with E-state index in [2.05, 4.69) is 10.1 Å². The van der Waals surface area contributed by atoms with Gasteiger partial charge in [-0.25, -0.2) is 4.39 Å². The molecular formula is C16H18FN3O2. The highest BCUT2D eigenvalue weighted by molar-refractivity contribution is 5.29. The fraction of sp³-hybridized carbons (Fsp3) is 0.375. The third-order valence-corrected chi connectivity index (χ3v) is 3.55. The molecule has 2 N–H and O–H groups in total. The second kappa shape index (κ2) is 6.70. The SMILES string of the molecule is NC/C(=C\F)COc1ccc(Cc2nc(C3CC3)no2)cc1. The van der Waals surface area contributed by atoms with Gasteiger partial charge < -0.3 is 15.0 Å². The monoisotopic (exact) mass is 303 g/mol. The van der Waals surface area contributed by atoms with Crippen molar-refractivity contribution in [2.45, 2.75) is 25.2 Å². The van der Waals surface area contributed by atoms with Crippen LogP contribution in [0, 0.1) is 0 Å². The molecule has 1 fully saturated rings. The van der Waals surface area contributed by atoms with E-state index in [0.29, 0.717) is 35.9 Å². The summed E-state index contributed by atoms with van der Waals surface area (Å²) in [4.78, 5) is 4.40. The first kappa shape index (κ1) is 14.7. The van der Waals surface area contributed by atoms with E-state index in [-0.39, 0.29) is 13.2 Å². The molecule has 0 bridgehead atoms. The molecule has 5 nitrogen and oxygen atoms in total. The zero-order valence-electron chi connectivity index (χ0n) is 12.2. The average Bonchev–Trinajstić information content (AvgIpc) is 3.30. The van der Waals surface area contributed by atoms with Crippen molar-refractivity contribution < 1.29 is 13.7 Å². The molecule has 0 amide bonds. The molecule has 116 valence electrons. The van der Waals surface area contributed by atoms with Crippen molar-refractivity contribution in [3.8, 4) is 5.75 Å². The summed E-state index contributed by atoms with van der Waals surface area (Å²) < 4.78 is 23.1. The third-order valence-electron chi connectivity index (χ3n) is 3.55. The van der Waals surface area contributed by atoms with E-state index >= 15 is 0 Å². The van der Waals surface area contributed by atoms with Gasteiger partial charge in [0, 0.05) is 18.0 Å². The maximum absolute atomic E-state index is 12.4. The van der Waals surface area contributed by atoms with Crippen LogP contribution in [0.25, 0.3) is 0 Å². The molecule has 2 aromatic rings. The molecule has 1 aromatic heterocycles. The molecular weight excluding hydrogens is 285 g/mol. The molecule has 0 radical (unpaired) electrons. The Labute approximate surface area is 128 Å². The van der Waals surface area contributed by atoms with E-state index in [9.17, 15) is 4.39 Å². The molecule has 3 rings (SSSR count). The van der Waals surface area contributed by atoms with E-state index in [0.717, 1.165) is 24.2 Å². The highest BCUT2D eigenvalue weighted by Crippen LogP contribution is 2.38. The van der Waals surface area contributed by atoms with Crippen LogP contribution in [0.3, 0.4) is 0 Å². The zero-order chi connectivity index (χ0) is 15.4. The Morgan fingerprint density at radius 1 is 1.36 bits per heavy atom. The number of aromatic nitrogens is 2. The maximum atomic E-state index is 12.4. The number of ether oxygens (including phenoxy) is 1. The first-order valence-corrected chi connectivity index (χ1v) is 7.31. The second-order valence-electron chi connectivity index (χ2n) is 5.40. The van der Waals surface area contributed by atoms with Gasteiger partial charge in [-0.1, -0.05) is 17.3 Å². The lowest BCUT2D eigenvalue weighted by Gasteiger charge is -2.07. The summed E-state index contributed by atoms with van der Waals surface area (Å²) in [7, 11) is 0. The van der Waals surface area contributed by atoms with Gasteiger partial charge in [0.25, 0.3) is 0 Å². The number of nitrogens with zero attached hydrogens (tertiary/aromatic N) is 2. The third kappa shape index (κ3) is 3.71. The van der Waals surface area contributed by atoms with Crippen LogP contribution in [-0.2, 0) is 6.42 Å². The van der Waals surface area contributed by atoms with Crippen LogP contribution in [0.2, 0.25) is 0 Å². The first-order valence-electron chi connectivity index (χ1n) is 7.31. The summed E-state index contributed by atoms with van der Waals surface area (Å²) in [5.74, 6) is 2.61. The smallest absolute Gasteiger partial charge is 0.231 e. The molecule has 0 unspecified atom stereocenters. The van der Waals surface area contributed by atoms with Crippen molar-refractivity contribution in [2.24, 2.45) is 5.73 Å². The Bertz CT molecular complexity index is 648. The number of nitrogens with two attached hydrogens (primary N) is 1. The lowest BCUT2D eigenvalue weighted by Crippen LogP contribution is -2.10. The quantitative estimate of drug-likeness (QED) is 0.851. The summed E-state index contributed by atoms with van der Waals surface area (Å²) in [5.41, 5.74) is 6.85. The van der Waals surface area contributed by atoms with E-state index in [1.54, 1.807) is 0 Å². The predicted molar refractivity (Wildman–Crippen MR) is 79.3 cm³/mol. The Morgan fingerprint density at radius 2 is 2.14 bits per heavy atom. The van der Waals surface area contributed by atoms with Gasteiger partial charge in [0.15, 0.2) is 5.82 Å². The lowest BCUT2D eigenvalue weighted by molar-refractivity contribution is 0.347. The summed E-state index contributed by atoms with van der Waals surface area (Å²) in [6.45, 7) is 0.301. The molecule has 0 atom stereocenters. The predicted octanol–water partition coefficient (Wildman–Crippen LogP) is 2.73. The van der Waals surface area contributed by atoms with Gasteiger partial charge in [0.05, 0.1) is 12.8 Å². The largest absolute Gasteiger partial charge is 0.489 e. The first-order chi connectivity index (χ1) is 10.8. The van der Waals surface area contributed by atoms with Gasteiger partial charge in [-0.15, -0.1) is 0 Å². The Balaban J connectivity index is 1.56. The summed E-state index contributed by atoms with van der Waals surface area (Å²) >= 11 is 0. The minimum Gasteiger partial charge on any atom is -0.489 e. The van der Waals surface area contributed by atoms with Crippen LogP contribution in [-0.4, -0.2) is 23.3 Å². The molecule has 22 heavy (non-hydrogen) atoms. The minimum atomic E-state index is 0.148. The van der Waals surface area contributed by atoms with Crippen molar-refractivity contribution in [1.29, 1.82) is 0 Å². The molecule has 1 heterocycles. The minimum absolute atomic E-state index is 0.148. The zero-order valence-corrected chi connectivity index (χ0v) is 12.2. The summed E-state index contributed by atoms with van der Waals surface area (Å²) in [5, 5.41) is 4.00. The Kier molecular flexibility index (Phi) is 4.48. The summed E-state index contributed by atoms with van der Waals surface area (Å²) in [6.07, 6.45) is 3.39. The Morgan fingerprint density at radius 3 is 2.77 bits per heavy atom. The maximum Gasteiger partial charge on any atom is 0.231 e. The number of benzene rings is 1. The highest BCUT2D eigenvalue weighted by atomic mass is 19.1. The van der Waals surface area contributed by atoms with E-state index in [4.69, 9.17) is 15.0 Å². The van der Waals surface area contributed by atoms with Gasteiger partial charge in [-0.05, 0) is 30.5 Å². The van der Waals surface area contributed by atoms with Gasteiger partial charge in [-0.3, -0.25) is 0 Å². The standard InChI is InChI=1S/C16H18FN3O2/c17-8-12(9-18)10-21-14-5-1-11(2-6-14)7-15-19-16(20-22-15)13-3-4-13/h1-2,5-6,8,13H,3-4,7,9-10,18H2/b12-8+. The molecule has 1 aliphatic rings. The molecule has 1 saturated carbocycles. The van der Waals surface area contributed by atoms with Crippen molar-refractivity contribution in [1.82, 2.24) is 10.1 Å². The van der Waals surface area contributed by atoms with Gasteiger partial charge in [-0.2, -0.15) is 4.98 Å². The van der Waals surface area contributed by atoms with Crippen molar-refractivity contribution in [3.63, 3.8) is 0 Å². The van der Waals surface area contributed by atoms with Gasteiger partial charge in [0.1, 0.15) is 12.4 Å². The number of rotatable bonds is 7. The van der Waals surface area contributed by atoms with Crippen molar-refractivity contribution in [3.05, 3.63) is 53.4 Å². The molecule has 0 aliphatic heterocycles. The van der Waals surface area contributed by atoms with E-state index in [1.807, 2.05) is 24.3 Å². The van der Waals surface area contributed by atoms with Crippen LogP contribution < -0.4 is 10.5 Å². The molecule has 0 saturated heterocycles. The van der Waals surface area contributed by atoms with Crippen molar-refractivity contribution >= 4 is 0 Å². The fourth-order valence-electron chi connectivity index (χ4n) is 2.04. The van der Waals surface area contributed by atoms with Crippen LogP contribution >= 0.6 is 0 Å². The molecule has 0 spiro atoms. The number of hydrogen-bond acceptors (Lipinski definition) is 5. The van der Waals surface area contributed by atoms with Gasteiger partial charge in [0.2, 0.25) is 5.89 Å². The van der Waals surface area contributed by atoms with E-state index < -0.39 is 0 Å². The number of halogens is 1. The normalized spacial score (nSPS) is 15.1. The highest BCUT2D eigenvalue weighted by Gasteiger charge is 2.28. The molecule has 6 heteroatoms. The van der Waals surface area contributed by atoms with Crippen molar-refractivity contribution in [2.75, 3.05) is 13.2 Å². The second-order valence-corrected chi connectivity index (χ2v) is 5.40. The fourth-order valence-corrected chi connectivity index (χ4v) is 2.04. The van der Waals surface area contributed by atoms with Crippen LogP contribution in [0.4, 0.5) is 4.39 Å². The van der Waals surface area contributed by atoms with Crippen LogP contribution in [0.1, 0.15) is 36.0 Å². The van der Waals surface area contributed by atoms with E-state index in [1.165, 1.54) is 0 Å². The van der Waals surface area contributed by atoms with Gasteiger partial charge >= 0.3 is 0 Å².